The molecule has 26 heavy (non-hydrogen) atoms. The number of anilines is 2. The van der Waals surface area contributed by atoms with Crippen molar-refractivity contribution in [3.63, 3.8) is 0 Å². The fourth-order valence-electron chi connectivity index (χ4n) is 2.50. The molecule has 0 aliphatic carbocycles. The number of hydrogen-bond acceptors (Lipinski definition) is 5. The number of carbonyl (C=O) groups is 2. The van der Waals surface area contributed by atoms with Gasteiger partial charge in [-0.25, -0.2) is 9.59 Å². The molecule has 0 saturated heterocycles. The van der Waals surface area contributed by atoms with Gasteiger partial charge in [0.25, 0.3) is 0 Å². The third-order valence-corrected chi connectivity index (χ3v) is 3.73. The number of carboxylic acid groups (broad SMARTS) is 1. The Hall–Kier alpha value is -3.42. The SMILES string of the molecule is O=C(O)Nc1ccc2c(c1)NCC(CNC(=O)OCc1ccccc1)O2. The fraction of sp³-hybridized carbons (Fsp3) is 0.222. The molecule has 0 aromatic heterocycles. The zero-order valence-electron chi connectivity index (χ0n) is 13.9. The summed E-state index contributed by atoms with van der Waals surface area (Å²) in [7, 11) is 0. The van der Waals surface area contributed by atoms with Gasteiger partial charge >= 0.3 is 12.2 Å². The molecule has 2 aromatic rings. The van der Waals surface area contributed by atoms with E-state index in [-0.39, 0.29) is 19.3 Å². The lowest BCUT2D eigenvalue weighted by atomic mass is 10.2. The van der Waals surface area contributed by atoms with Gasteiger partial charge in [-0.1, -0.05) is 30.3 Å². The van der Waals surface area contributed by atoms with Gasteiger partial charge in [-0.05, 0) is 23.8 Å². The summed E-state index contributed by atoms with van der Waals surface area (Å²) in [4.78, 5) is 22.4. The predicted octanol–water partition coefficient (Wildman–Crippen LogP) is 2.88. The van der Waals surface area contributed by atoms with Crippen LogP contribution in [0.15, 0.2) is 48.5 Å². The molecule has 0 saturated carbocycles. The van der Waals surface area contributed by atoms with Crippen LogP contribution in [0.1, 0.15) is 5.56 Å². The Labute approximate surface area is 150 Å². The van der Waals surface area contributed by atoms with E-state index in [0.717, 1.165) is 5.56 Å². The Bertz CT molecular complexity index is 782. The molecule has 0 fully saturated rings. The van der Waals surface area contributed by atoms with Gasteiger partial charge in [0, 0.05) is 5.69 Å². The van der Waals surface area contributed by atoms with E-state index in [9.17, 15) is 9.59 Å². The number of hydrogen-bond donors (Lipinski definition) is 4. The molecule has 2 aromatic carbocycles. The molecule has 0 bridgehead atoms. The van der Waals surface area contributed by atoms with E-state index >= 15 is 0 Å². The summed E-state index contributed by atoms with van der Waals surface area (Å²) >= 11 is 0. The van der Waals surface area contributed by atoms with Gasteiger partial charge in [0.05, 0.1) is 18.8 Å². The monoisotopic (exact) mass is 357 g/mol. The number of ether oxygens (including phenoxy) is 2. The first-order chi connectivity index (χ1) is 12.6. The van der Waals surface area contributed by atoms with Crippen LogP contribution < -0.4 is 20.7 Å². The van der Waals surface area contributed by atoms with E-state index in [1.54, 1.807) is 18.2 Å². The molecular weight excluding hydrogens is 338 g/mol. The smallest absolute Gasteiger partial charge is 0.409 e. The zero-order valence-corrected chi connectivity index (χ0v) is 13.9. The van der Waals surface area contributed by atoms with Gasteiger partial charge in [0.1, 0.15) is 18.5 Å². The summed E-state index contributed by atoms with van der Waals surface area (Å²) in [6, 6.07) is 14.4. The third-order valence-electron chi connectivity index (χ3n) is 3.73. The highest BCUT2D eigenvalue weighted by molar-refractivity contribution is 5.84. The summed E-state index contributed by atoms with van der Waals surface area (Å²) in [6.07, 6.45) is -1.90. The minimum Gasteiger partial charge on any atom is -0.485 e. The van der Waals surface area contributed by atoms with Gasteiger partial charge in [-0.15, -0.1) is 0 Å². The minimum atomic E-state index is -1.13. The van der Waals surface area contributed by atoms with Gasteiger partial charge in [0.2, 0.25) is 0 Å². The average Bonchev–Trinajstić information content (AvgIpc) is 2.65. The molecule has 1 atom stereocenters. The van der Waals surface area contributed by atoms with Crippen LogP contribution in [0.3, 0.4) is 0 Å². The van der Waals surface area contributed by atoms with E-state index in [1.165, 1.54) is 0 Å². The van der Waals surface area contributed by atoms with Crippen molar-refractivity contribution in [2.45, 2.75) is 12.7 Å². The second kappa shape index (κ2) is 8.11. The Kier molecular flexibility index (Phi) is 5.43. The molecule has 1 aliphatic heterocycles. The fourth-order valence-corrected chi connectivity index (χ4v) is 2.50. The summed E-state index contributed by atoms with van der Waals surface area (Å²) in [5.41, 5.74) is 2.06. The lowest BCUT2D eigenvalue weighted by molar-refractivity contribution is 0.131. The largest absolute Gasteiger partial charge is 0.485 e. The highest BCUT2D eigenvalue weighted by Gasteiger charge is 2.20. The van der Waals surface area contributed by atoms with Crippen molar-refractivity contribution in [1.82, 2.24) is 5.32 Å². The molecule has 3 rings (SSSR count). The first-order valence-electron chi connectivity index (χ1n) is 8.09. The maximum absolute atomic E-state index is 11.8. The Morgan fingerprint density at radius 2 is 2.04 bits per heavy atom. The molecule has 1 heterocycles. The van der Waals surface area contributed by atoms with Crippen LogP contribution in [-0.2, 0) is 11.3 Å². The van der Waals surface area contributed by atoms with Crippen molar-refractivity contribution >= 4 is 23.6 Å². The highest BCUT2D eigenvalue weighted by Crippen LogP contribution is 2.31. The number of benzene rings is 2. The summed E-state index contributed by atoms with van der Waals surface area (Å²) in [5, 5.41) is 16.9. The van der Waals surface area contributed by atoms with Gasteiger partial charge in [-0.2, -0.15) is 0 Å². The van der Waals surface area contributed by atoms with E-state index < -0.39 is 12.2 Å². The first kappa shape index (κ1) is 17.4. The molecule has 2 amide bonds. The normalized spacial score (nSPS) is 15.0. The highest BCUT2D eigenvalue weighted by atomic mass is 16.5. The quantitative estimate of drug-likeness (QED) is 0.655. The van der Waals surface area contributed by atoms with E-state index in [0.29, 0.717) is 23.7 Å². The van der Waals surface area contributed by atoms with Crippen molar-refractivity contribution in [3.05, 3.63) is 54.1 Å². The van der Waals surface area contributed by atoms with Crippen LogP contribution in [-0.4, -0.2) is 36.5 Å². The number of rotatable bonds is 5. The third kappa shape index (κ3) is 4.79. The second-order valence-corrected chi connectivity index (χ2v) is 5.70. The lowest BCUT2D eigenvalue weighted by Gasteiger charge is -2.27. The molecular formula is C18H19N3O5. The Morgan fingerprint density at radius 3 is 2.81 bits per heavy atom. The van der Waals surface area contributed by atoms with Crippen LogP contribution in [0.4, 0.5) is 21.0 Å². The van der Waals surface area contributed by atoms with E-state index in [4.69, 9.17) is 14.6 Å². The van der Waals surface area contributed by atoms with Crippen molar-refractivity contribution in [3.8, 4) is 5.75 Å². The topological polar surface area (TPSA) is 109 Å². The number of carbonyl (C=O) groups excluding carboxylic acids is 1. The molecule has 0 radical (unpaired) electrons. The number of amides is 2. The van der Waals surface area contributed by atoms with Crippen LogP contribution in [0, 0.1) is 0 Å². The van der Waals surface area contributed by atoms with Crippen LogP contribution >= 0.6 is 0 Å². The maximum Gasteiger partial charge on any atom is 0.409 e. The molecule has 136 valence electrons. The van der Waals surface area contributed by atoms with Crippen LogP contribution in [0.25, 0.3) is 0 Å². The van der Waals surface area contributed by atoms with Gasteiger partial charge in [-0.3, -0.25) is 5.32 Å². The summed E-state index contributed by atoms with van der Waals surface area (Å²) in [5.74, 6) is 0.594. The van der Waals surface area contributed by atoms with E-state index in [2.05, 4.69) is 16.0 Å². The second-order valence-electron chi connectivity index (χ2n) is 5.70. The van der Waals surface area contributed by atoms with Crippen molar-refractivity contribution < 1.29 is 24.2 Å². The number of nitrogens with one attached hydrogen (secondary N) is 3. The standard InChI is InChI=1S/C18H19N3O5/c22-17(23)21-13-6-7-16-15(8-13)19-9-14(26-16)10-20-18(24)25-11-12-4-2-1-3-5-12/h1-8,14,19,21H,9-11H2,(H,20,24)(H,22,23). The van der Waals surface area contributed by atoms with Crippen molar-refractivity contribution in [2.24, 2.45) is 0 Å². The number of fused-ring (bicyclic) bond motifs is 1. The van der Waals surface area contributed by atoms with Crippen molar-refractivity contribution in [1.29, 1.82) is 0 Å². The summed E-state index contributed by atoms with van der Waals surface area (Å²) in [6.45, 7) is 0.969. The average molecular weight is 357 g/mol. The molecule has 1 unspecified atom stereocenters. The van der Waals surface area contributed by atoms with Crippen LogP contribution in [0.5, 0.6) is 5.75 Å². The minimum absolute atomic E-state index is 0.207. The maximum atomic E-state index is 11.8. The zero-order chi connectivity index (χ0) is 18.4. The lowest BCUT2D eigenvalue weighted by Crippen LogP contribution is -2.41. The molecule has 4 N–H and O–H groups in total. The molecule has 8 nitrogen and oxygen atoms in total. The molecule has 8 heteroatoms. The molecule has 0 spiro atoms. The predicted molar refractivity (Wildman–Crippen MR) is 95.6 cm³/mol. The molecule has 1 aliphatic rings. The summed E-state index contributed by atoms with van der Waals surface area (Å²) < 4.78 is 10.9. The van der Waals surface area contributed by atoms with Gasteiger partial charge in [0.15, 0.2) is 0 Å². The van der Waals surface area contributed by atoms with Crippen molar-refractivity contribution in [2.75, 3.05) is 23.7 Å². The number of alkyl carbamates (subject to hydrolysis) is 1. The Balaban J connectivity index is 1.45. The van der Waals surface area contributed by atoms with E-state index in [1.807, 2.05) is 30.3 Å². The van der Waals surface area contributed by atoms with Gasteiger partial charge < -0.3 is 25.2 Å². The van der Waals surface area contributed by atoms with Crippen LogP contribution in [0.2, 0.25) is 0 Å². The Morgan fingerprint density at radius 1 is 1.23 bits per heavy atom. The first-order valence-corrected chi connectivity index (χ1v) is 8.09.